The molecule has 1 fully saturated rings. The van der Waals surface area contributed by atoms with Crippen LogP contribution in [0.4, 0.5) is 0 Å². The van der Waals surface area contributed by atoms with Crippen LogP contribution in [0.5, 0.6) is 0 Å². The summed E-state index contributed by atoms with van der Waals surface area (Å²) in [7, 11) is -1.66. The van der Waals surface area contributed by atoms with Crippen molar-refractivity contribution in [1.29, 1.82) is 0 Å². The zero-order valence-electron chi connectivity index (χ0n) is 12.4. The first-order valence-electron chi connectivity index (χ1n) is 6.67. The maximum atomic E-state index is 11.1. The van der Waals surface area contributed by atoms with Crippen molar-refractivity contribution in [3.8, 4) is 0 Å². The molecule has 0 spiro atoms. The van der Waals surface area contributed by atoms with Gasteiger partial charge in [-0.25, -0.2) is 0 Å². The standard InChI is InChI=1S/C13H26O4Si/c1-9(2)18(5,6)16-8-12-13(17-11(4)14)10(3)7-15-12/h9-10,12-13H,7-8H2,1-6H3. The lowest BCUT2D eigenvalue weighted by Gasteiger charge is -2.29. The second kappa shape index (κ2) is 6.17. The van der Waals surface area contributed by atoms with E-state index in [1.807, 2.05) is 6.92 Å². The number of carbonyl (C=O) groups is 1. The van der Waals surface area contributed by atoms with Crippen molar-refractivity contribution in [3.05, 3.63) is 0 Å². The minimum Gasteiger partial charge on any atom is -0.459 e. The second-order valence-corrected chi connectivity index (χ2v) is 10.6. The van der Waals surface area contributed by atoms with Gasteiger partial charge in [0.2, 0.25) is 0 Å². The first-order valence-corrected chi connectivity index (χ1v) is 9.65. The zero-order chi connectivity index (χ0) is 13.9. The Morgan fingerprint density at radius 2 is 2.06 bits per heavy atom. The summed E-state index contributed by atoms with van der Waals surface area (Å²) in [6.07, 6.45) is -0.283. The minimum atomic E-state index is -1.66. The maximum Gasteiger partial charge on any atom is 0.303 e. The van der Waals surface area contributed by atoms with E-state index in [2.05, 4.69) is 26.9 Å². The fourth-order valence-corrected chi connectivity index (χ4v) is 2.75. The normalized spacial score (nSPS) is 28.7. The fraction of sp³-hybridized carbons (Fsp3) is 0.923. The van der Waals surface area contributed by atoms with E-state index >= 15 is 0 Å². The molecule has 0 aliphatic carbocycles. The summed E-state index contributed by atoms with van der Waals surface area (Å²) in [6, 6.07) is 0. The number of ether oxygens (including phenoxy) is 2. The molecular weight excluding hydrogens is 248 g/mol. The Morgan fingerprint density at radius 3 is 2.56 bits per heavy atom. The molecule has 0 aromatic carbocycles. The van der Waals surface area contributed by atoms with Crippen LogP contribution in [0, 0.1) is 5.92 Å². The SMILES string of the molecule is CC(=O)OC1C(C)COC1CO[Si](C)(C)C(C)C. The van der Waals surface area contributed by atoms with Crippen LogP contribution in [0.25, 0.3) is 0 Å². The monoisotopic (exact) mass is 274 g/mol. The van der Waals surface area contributed by atoms with E-state index in [0.717, 1.165) is 0 Å². The molecule has 1 saturated heterocycles. The van der Waals surface area contributed by atoms with E-state index in [1.165, 1.54) is 6.92 Å². The van der Waals surface area contributed by atoms with Crippen molar-refractivity contribution >= 4 is 14.3 Å². The molecule has 0 aromatic heterocycles. The lowest BCUT2D eigenvalue weighted by Crippen LogP contribution is -2.41. The summed E-state index contributed by atoms with van der Waals surface area (Å²) in [5.41, 5.74) is 0.559. The Bertz CT molecular complexity index is 291. The molecule has 4 nitrogen and oxygen atoms in total. The average molecular weight is 274 g/mol. The lowest BCUT2D eigenvalue weighted by atomic mass is 10.0. The first kappa shape index (κ1) is 15.7. The van der Waals surface area contributed by atoms with Crippen molar-refractivity contribution in [2.75, 3.05) is 13.2 Å². The van der Waals surface area contributed by atoms with Crippen LogP contribution < -0.4 is 0 Å². The van der Waals surface area contributed by atoms with Crippen LogP contribution in [0.2, 0.25) is 18.6 Å². The highest BCUT2D eigenvalue weighted by Gasteiger charge is 2.39. The van der Waals surface area contributed by atoms with Gasteiger partial charge in [-0.15, -0.1) is 0 Å². The van der Waals surface area contributed by atoms with Crippen LogP contribution in [-0.4, -0.2) is 39.7 Å². The molecule has 5 heteroatoms. The molecule has 0 amide bonds. The smallest absolute Gasteiger partial charge is 0.303 e. The molecule has 0 bridgehead atoms. The van der Waals surface area contributed by atoms with E-state index in [9.17, 15) is 4.79 Å². The van der Waals surface area contributed by atoms with Crippen molar-refractivity contribution in [1.82, 2.24) is 0 Å². The first-order chi connectivity index (χ1) is 8.24. The topological polar surface area (TPSA) is 44.8 Å². The highest BCUT2D eigenvalue weighted by atomic mass is 28.4. The Labute approximate surface area is 111 Å². The molecule has 3 unspecified atom stereocenters. The quantitative estimate of drug-likeness (QED) is 0.571. The number of esters is 1. The molecule has 0 radical (unpaired) electrons. The second-order valence-electron chi connectivity index (χ2n) is 5.99. The minimum absolute atomic E-state index is 0.116. The van der Waals surface area contributed by atoms with Gasteiger partial charge in [-0.05, 0) is 18.6 Å². The molecule has 106 valence electrons. The molecule has 0 aromatic rings. The summed E-state index contributed by atoms with van der Waals surface area (Å²) in [5.74, 6) is -0.00552. The van der Waals surface area contributed by atoms with Gasteiger partial charge in [0.1, 0.15) is 12.2 Å². The average Bonchev–Trinajstić information content (AvgIpc) is 2.57. The maximum absolute atomic E-state index is 11.1. The van der Waals surface area contributed by atoms with E-state index in [-0.39, 0.29) is 24.1 Å². The molecule has 18 heavy (non-hydrogen) atoms. The number of carbonyl (C=O) groups excluding carboxylic acids is 1. The molecule has 3 atom stereocenters. The lowest BCUT2D eigenvalue weighted by molar-refractivity contribution is -0.151. The van der Waals surface area contributed by atoms with Crippen LogP contribution in [0.1, 0.15) is 27.7 Å². The van der Waals surface area contributed by atoms with Gasteiger partial charge in [-0.1, -0.05) is 20.8 Å². The van der Waals surface area contributed by atoms with Crippen molar-refractivity contribution in [3.63, 3.8) is 0 Å². The molecule has 1 heterocycles. The van der Waals surface area contributed by atoms with Gasteiger partial charge < -0.3 is 13.9 Å². The Hall–Kier alpha value is -0.393. The summed E-state index contributed by atoms with van der Waals surface area (Å²) in [6.45, 7) is 13.4. The van der Waals surface area contributed by atoms with Gasteiger partial charge in [0.25, 0.3) is 0 Å². The third kappa shape index (κ3) is 4.07. The van der Waals surface area contributed by atoms with Gasteiger partial charge in [-0.2, -0.15) is 0 Å². The summed E-state index contributed by atoms with van der Waals surface area (Å²) < 4.78 is 17.1. The Morgan fingerprint density at radius 1 is 1.44 bits per heavy atom. The van der Waals surface area contributed by atoms with Crippen LogP contribution in [0.3, 0.4) is 0 Å². The largest absolute Gasteiger partial charge is 0.459 e. The van der Waals surface area contributed by atoms with Gasteiger partial charge in [-0.3, -0.25) is 4.79 Å². The van der Waals surface area contributed by atoms with E-state index in [4.69, 9.17) is 13.9 Å². The van der Waals surface area contributed by atoms with E-state index < -0.39 is 8.32 Å². The Balaban J connectivity index is 2.53. The molecule has 1 rings (SSSR count). The number of hydrogen-bond donors (Lipinski definition) is 0. The van der Waals surface area contributed by atoms with E-state index in [1.54, 1.807) is 0 Å². The zero-order valence-corrected chi connectivity index (χ0v) is 13.4. The number of hydrogen-bond acceptors (Lipinski definition) is 4. The highest BCUT2D eigenvalue weighted by molar-refractivity contribution is 6.72. The van der Waals surface area contributed by atoms with Crippen molar-refractivity contribution in [2.45, 2.75) is 58.5 Å². The van der Waals surface area contributed by atoms with Gasteiger partial charge in [0.05, 0.1) is 13.2 Å². The van der Waals surface area contributed by atoms with Crippen molar-refractivity contribution in [2.24, 2.45) is 5.92 Å². The van der Waals surface area contributed by atoms with Crippen LogP contribution in [0.15, 0.2) is 0 Å². The fourth-order valence-electron chi connectivity index (χ4n) is 1.82. The predicted molar refractivity (Wildman–Crippen MR) is 73.0 cm³/mol. The van der Waals surface area contributed by atoms with Gasteiger partial charge in [0.15, 0.2) is 8.32 Å². The van der Waals surface area contributed by atoms with Gasteiger partial charge >= 0.3 is 5.97 Å². The Kier molecular flexibility index (Phi) is 5.37. The third-order valence-corrected chi connectivity index (χ3v) is 7.50. The van der Waals surface area contributed by atoms with Crippen molar-refractivity contribution < 1.29 is 18.7 Å². The summed E-state index contributed by atoms with van der Waals surface area (Å²) >= 11 is 0. The molecule has 0 N–H and O–H groups in total. The third-order valence-electron chi connectivity index (χ3n) is 3.81. The number of rotatable bonds is 5. The molecular formula is C13H26O4Si. The molecule has 0 saturated carbocycles. The summed E-state index contributed by atoms with van der Waals surface area (Å²) in [5, 5.41) is 0. The van der Waals surface area contributed by atoms with Crippen LogP contribution in [-0.2, 0) is 18.7 Å². The predicted octanol–water partition coefficient (Wildman–Crippen LogP) is 2.58. The van der Waals surface area contributed by atoms with Gasteiger partial charge in [0, 0.05) is 12.8 Å². The summed E-state index contributed by atoms with van der Waals surface area (Å²) in [4.78, 5) is 11.1. The van der Waals surface area contributed by atoms with Crippen LogP contribution >= 0.6 is 0 Å². The molecule has 1 aliphatic rings. The van der Waals surface area contributed by atoms with E-state index in [0.29, 0.717) is 18.8 Å². The molecule has 1 aliphatic heterocycles. The highest BCUT2D eigenvalue weighted by Crippen LogP contribution is 2.27.